The van der Waals surface area contributed by atoms with Crippen molar-refractivity contribution in [2.75, 3.05) is 47.5 Å². The Labute approximate surface area is 331 Å². The van der Waals surface area contributed by atoms with Crippen molar-refractivity contribution in [3.63, 3.8) is 0 Å². The lowest BCUT2D eigenvalue weighted by molar-refractivity contribution is -0.870. The van der Waals surface area contributed by atoms with Gasteiger partial charge in [-0.15, -0.1) is 0 Å². The molecule has 0 saturated heterocycles. The van der Waals surface area contributed by atoms with E-state index in [2.05, 4.69) is 26.0 Å². The Balaban J connectivity index is 2.55. The van der Waals surface area contributed by atoms with E-state index >= 15 is 0 Å². The van der Waals surface area contributed by atoms with Gasteiger partial charge in [0.15, 0.2) is 6.10 Å². The van der Waals surface area contributed by atoms with Crippen molar-refractivity contribution in [2.45, 2.75) is 154 Å². The number of Topliss-reactive ketones (excluding diaryl/α,β-unsaturated/α-hetero) is 1. The van der Waals surface area contributed by atoms with Gasteiger partial charge in [-0.25, -0.2) is 0 Å². The summed E-state index contributed by atoms with van der Waals surface area (Å²) in [5.74, 6) is -1.79. The van der Waals surface area contributed by atoms with E-state index in [-0.39, 0.29) is 44.2 Å². The molecule has 12 nitrogen and oxygen atoms in total. The van der Waals surface area contributed by atoms with Gasteiger partial charge < -0.3 is 38.1 Å². The third kappa shape index (κ3) is 27.2. The van der Waals surface area contributed by atoms with Gasteiger partial charge >= 0.3 is 11.9 Å². The van der Waals surface area contributed by atoms with Crippen molar-refractivity contribution < 1.29 is 57.1 Å². The number of aliphatic hydroxyl groups excluding tert-OH is 2. The van der Waals surface area contributed by atoms with Crippen LogP contribution in [-0.2, 0) is 37.5 Å². The lowest BCUT2D eigenvalue weighted by Crippen LogP contribution is -2.37. The molecule has 13 heteroatoms. The Morgan fingerprint density at radius 3 is 2.20 bits per heavy atom. The number of hydrogen-bond acceptors (Lipinski definition) is 11. The lowest BCUT2D eigenvalue weighted by atomic mass is 9.90. The SMILES string of the molecule is CCCC/C=C\CCCCCCCC(=O)O[C@H](COC(=O)CCC/C=C\C[C@H]1[C@@H](O)CC(=O)[C@@H]1/C=C/[C@@H](O)CCCCC)COP(=O)([O-])OCC[N+](C)(C)C. The van der Waals surface area contributed by atoms with Crippen molar-refractivity contribution in [3.05, 3.63) is 36.5 Å². The minimum Gasteiger partial charge on any atom is -0.756 e. The molecule has 0 aliphatic heterocycles. The van der Waals surface area contributed by atoms with Crippen LogP contribution in [0.3, 0.4) is 0 Å². The quantitative estimate of drug-likeness (QED) is 0.0225. The molecule has 55 heavy (non-hydrogen) atoms. The molecule has 0 bridgehead atoms. The lowest BCUT2D eigenvalue weighted by Gasteiger charge is -2.28. The molecule has 1 fully saturated rings. The highest BCUT2D eigenvalue weighted by atomic mass is 31.2. The summed E-state index contributed by atoms with van der Waals surface area (Å²) in [5.41, 5.74) is 0. The van der Waals surface area contributed by atoms with Crippen molar-refractivity contribution in [1.82, 2.24) is 0 Å². The number of phosphoric acid groups is 1. The molecule has 1 aliphatic carbocycles. The molecule has 0 radical (unpaired) electrons. The number of phosphoric ester groups is 1. The molecule has 1 rings (SSSR count). The third-order valence-corrected chi connectivity index (χ3v) is 10.5. The van der Waals surface area contributed by atoms with Gasteiger partial charge in [0.1, 0.15) is 25.5 Å². The van der Waals surface area contributed by atoms with Gasteiger partial charge in [-0.05, 0) is 51.4 Å². The molecular formula is C42H74NO11P. The molecule has 1 aliphatic rings. The Bertz CT molecular complexity index is 1200. The van der Waals surface area contributed by atoms with Crippen molar-refractivity contribution in [1.29, 1.82) is 0 Å². The van der Waals surface area contributed by atoms with Crippen LogP contribution >= 0.6 is 7.82 Å². The maximum Gasteiger partial charge on any atom is 0.306 e. The monoisotopic (exact) mass is 799 g/mol. The minimum absolute atomic E-state index is 0.0300. The average Bonchev–Trinajstić information content (AvgIpc) is 3.39. The Hall–Kier alpha value is -2.18. The van der Waals surface area contributed by atoms with Crippen LogP contribution in [-0.4, -0.2) is 98.2 Å². The molecule has 1 unspecified atom stereocenters. The zero-order valence-corrected chi connectivity index (χ0v) is 35.5. The number of rotatable bonds is 33. The molecule has 0 aromatic carbocycles. The van der Waals surface area contributed by atoms with Crippen LogP contribution < -0.4 is 4.89 Å². The van der Waals surface area contributed by atoms with E-state index < -0.39 is 50.6 Å². The maximum atomic E-state index is 12.6. The number of quaternary nitrogens is 1. The number of esters is 2. The van der Waals surface area contributed by atoms with Crippen LogP contribution in [0.2, 0.25) is 0 Å². The van der Waals surface area contributed by atoms with Crippen LogP contribution in [0.5, 0.6) is 0 Å². The number of ether oxygens (including phenoxy) is 2. The van der Waals surface area contributed by atoms with Gasteiger partial charge in [0, 0.05) is 31.1 Å². The molecule has 0 aromatic heterocycles. The normalized spacial score (nSPS) is 20.1. The van der Waals surface area contributed by atoms with E-state index in [1.54, 1.807) is 12.2 Å². The number of likely N-dealkylation sites (N-methyl/N-ethyl adjacent to an activating group) is 1. The zero-order chi connectivity index (χ0) is 41.0. The summed E-state index contributed by atoms with van der Waals surface area (Å²) >= 11 is 0. The second kappa shape index (κ2) is 30.0. The molecule has 318 valence electrons. The molecule has 2 N–H and O–H groups in total. The summed E-state index contributed by atoms with van der Waals surface area (Å²) in [7, 11) is 1.01. The second-order valence-corrected chi connectivity index (χ2v) is 17.2. The fourth-order valence-electron chi connectivity index (χ4n) is 6.09. The topological polar surface area (TPSA) is 169 Å². The Kier molecular flexibility index (Phi) is 27.7. The van der Waals surface area contributed by atoms with Crippen molar-refractivity contribution >= 4 is 25.5 Å². The van der Waals surface area contributed by atoms with E-state index in [9.17, 15) is 34.1 Å². The summed E-state index contributed by atoms with van der Waals surface area (Å²) in [6.45, 7) is 3.74. The first kappa shape index (κ1) is 50.8. The first-order valence-electron chi connectivity index (χ1n) is 20.8. The van der Waals surface area contributed by atoms with Crippen molar-refractivity contribution in [3.8, 4) is 0 Å². The van der Waals surface area contributed by atoms with E-state index in [1.807, 2.05) is 33.3 Å². The van der Waals surface area contributed by atoms with Crippen LogP contribution in [0, 0.1) is 11.8 Å². The second-order valence-electron chi connectivity index (χ2n) is 15.8. The highest BCUT2D eigenvalue weighted by molar-refractivity contribution is 7.45. The van der Waals surface area contributed by atoms with Crippen LogP contribution in [0.15, 0.2) is 36.5 Å². The Morgan fingerprint density at radius 1 is 0.855 bits per heavy atom. The van der Waals surface area contributed by atoms with Gasteiger partial charge in [0.05, 0.1) is 40.0 Å². The fourth-order valence-corrected chi connectivity index (χ4v) is 6.81. The largest absolute Gasteiger partial charge is 0.756 e. The summed E-state index contributed by atoms with van der Waals surface area (Å²) in [6, 6.07) is 0. The highest BCUT2D eigenvalue weighted by Gasteiger charge is 2.39. The van der Waals surface area contributed by atoms with E-state index in [1.165, 1.54) is 12.8 Å². The molecule has 6 atom stereocenters. The fraction of sp³-hybridized carbons (Fsp3) is 0.786. The predicted octanol–water partition coefficient (Wildman–Crippen LogP) is 7.31. The van der Waals surface area contributed by atoms with Crippen LogP contribution in [0.4, 0.5) is 0 Å². The number of carbonyl (C=O) groups excluding carboxylic acids is 3. The number of hydrogen-bond donors (Lipinski definition) is 2. The van der Waals surface area contributed by atoms with Gasteiger partial charge in [0.2, 0.25) is 0 Å². The summed E-state index contributed by atoms with van der Waals surface area (Å²) in [5, 5.41) is 20.7. The standard InChI is InChI=1S/C42H74NO11P/c1-6-8-10-11-12-13-14-15-16-17-23-27-42(48)54-36(34-53-55(49,50)52-31-30-43(3,4)5)33-51-41(47)26-22-19-18-21-25-37-38(40(46)32-39(37)45)29-28-35(44)24-20-9-7-2/h11-12,18,21,28-29,35-39,44-45H,6-10,13-17,19-20,22-27,30-34H2,1-5H3/b12-11-,21-18-,29-28+/t35-,36+,37+,38+,39-/m0/s1. The predicted molar refractivity (Wildman–Crippen MR) is 214 cm³/mol. The average molecular weight is 800 g/mol. The summed E-state index contributed by atoms with van der Waals surface area (Å²) < 4.78 is 33.7. The zero-order valence-electron chi connectivity index (χ0n) is 34.6. The number of unbranched alkanes of at least 4 members (excludes halogenated alkanes) is 10. The highest BCUT2D eigenvalue weighted by Crippen LogP contribution is 2.38. The van der Waals surface area contributed by atoms with Gasteiger partial charge in [-0.2, -0.15) is 0 Å². The molecule has 0 heterocycles. The first-order valence-corrected chi connectivity index (χ1v) is 22.3. The summed E-state index contributed by atoms with van der Waals surface area (Å²) in [4.78, 5) is 50.1. The van der Waals surface area contributed by atoms with E-state index in [0.717, 1.165) is 57.8 Å². The molecule has 0 spiro atoms. The maximum absolute atomic E-state index is 12.6. The molecule has 0 amide bonds. The smallest absolute Gasteiger partial charge is 0.306 e. The molecule has 1 saturated carbocycles. The van der Waals surface area contributed by atoms with Crippen LogP contribution in [0.1, 0.15) is 136 Å². The number of nitrogens with zero attached hydrogens (tertiary/aromatic N) is 1. The van der Waals surface area contributed by atoms with Gasteiger partial charge in [0.25, 0.3) is 7.82 Å². The van der Waals surface area contributed by atoms with E-state index in [0.29, 0.717) is 43.1 Å². The summed E-state index contributed by atoms with van der Waals surface area (Å²) in [6.07, 6.45) is 24.1. The van der Waals surface area contributed by atoms with Gasteiger partial charge in [-0.1, -0.05) is 102 Å². The number of aliphatic hydroxyl groups is 2. The van der Waals surface area contributed by atoms with E-state index in [4.69, 9.17) is 18.5 Å². The minimum atomic E-state index is -4.69. The number of ketones is 1. The Morgan fingerprint density at radius 2 is 1.49 bits per heavy atom. The molecular weight excluding hydrogens is 725 g/mol. The van der Waals surface area contributed by atoms with Crippen molar-refractivity contribution in [2.24, 2.45) is 11.8 Å². The number of carbonyl (C=O) groups is 3. The molecule has 0 aromatic rings. The third-order valence-electron chi connectivity index (χ3n) is 9.51. The number of allylic oxidation sites excluding steroid dienone is 5. The van der Waals surface area contributed by atoms with Gasteiger partial charge in [-0.3, -0.25) is 18.9 Å². The van der Waals surface area contributed by atoms with Crippen LogP contribution in [0.25, 0.3) is 0 Å². The first-order chi connectivity index (χ1) is 26.2.